The molecule has 4 amide bonds. The highest BCUT2D eigenvalue weighted by molar-refractivity contribution is 7.51. The highest BCUT2D eigenvalue weighted by atomic mass is 31.2. The minimum atomic E-state index is -3.70. The van der Waals surface area contributed by atoms with Gasteiger partial charge >= 0.3 is 7.60 Å². The van der Waals surface area contributed by atoms with E-state index in [1.54, 1.807) is 0 Å². The summed E-state index contributed by atoms with van der Waals surface area (Å²) in [5, 5.41) is 11.6. The Kier molecular flexibility index (Phi) is 29.3. The number of nitrogens with one attached hydrogen (secondary N) is 4. The summed E-state index contributed by atoms with van der Waals surface area (Å²) in [4.78, 5) is 62.7. The van der Waals surface area contributed by atoms with Gasteiger partial charge in [-0.2, -0.15) is 0 Å². The third kappa shape index (κ3) is 28.5. The molecule has 5 N–H and O–H groups in total. The zero-order valence-corrected chi connectivity index (χ0v) is 34.3. The second kappa shape index (κ2) is 32.4. The summed E-state index contributed by atoms with van der Waals surface area (Å²) in [6.07, 6.45) is 17.0. The van der Waals surface area contributed by atoms with E-state index in [1.807, 2.05) is 0 Å². The van der Waals surface area contributed by atoms with Gasteiger partial charge in [-0.3, -0.25) is 23.7 Å². The van der Waals surface area contributed by atoms with Crippen LogP contribution in [-0.4, -0.2) is 146 Å². The van der Waals surface area contributed by atoms with Gasteiger partial charge in [0.05, 0.1) is 65.6 Å². The Morgan fingerprint density at radius 3 is 1.30 bits per heavy atom. The lowest BCUT2D eigenvalue weighted by Gasteiger charge is -2.37. The summed E-state index contributed by atoms with van der Waals surface area (Å²) >= 11 is 0. The Bertz CT molecular complexity index is 1220. The number of amides is 4. The zero-order valence-electron chi connectivity index (χ0n) is 33.4. The molecule has 0 heterocycles. The molecule has 0 radical (unpaired) electrons. The van der Waals surface area contributed by atoms with E-state index in [2.05, 4.69) is 39.0 Å². The van der Waals surface area contributed by atoms with Gasteiger partial charge in [-0.15, -0.1) is 19.3 Å². The van der Waals surface area contributed by atoms with E-state index in [0.29, 0.717) is 65.3 Å². The lowest BCUT2D eigenvalue weighted by molar-refractivity contribution is -0.131. The number of terminal acetylenes is 3. The molecule has 0 aliphatic heterocycles. The fraction of sp³-hybridized carbons (Fsp3) is 0.744. The van der Waals surface area contributed by atoms with Crippen LogP contribution in [-0.2, 0) is 56.7 Å². The molecule has 1 aliphatic rings. The minimum Gasteiger partial charge on any atom is -0.377 e. The quantitative estimate of drug-likeness (QED) is 0.0347. The van der Waals surface area contributed by atoms with Crippen molar-refractivity contribution in [2.24, 2.45) is 5.92 Å². The summed E-state index contributed by atoms with van der Waals surface area (Å²) in [7, 11) is -3.70. The largest absolute Gasteiger partial charge is 0.377 e. The maximum atomic E-state index is 13.9. The maximum absolute atomic E-state index is 13.9. The van der Waals surface area contributed by atoms with Gasteiger partial charge in [-0.25, -0.2) is 0 Å². The van der Waals surface area contributed by atoms with E-state index >= 15 is 0 Å². The third-order valence-corrected chi connectivity index (χ3v) is 9.34. The summed E-state index contributed by atoms with van der Waals surface area (Å²) in [6.45, 7) is 4.99. The first-order valence-electron chi connectivity index (χ1n) is 19.3. The summed E-state index contributed by atoms with van der Waals surface area (Å²) in [6, 6.07) is 0. The van der Waals surface area contributed by atoms with Crippen LogP contribution in [0.5, 0.6) is 0 Å². The van der Waals surface area contributed by atoms with Crippen LogP contribution in [0.4, 0.5) is 0 Å². The van der Waals surface area contributed by atoms with Crippen molar-refractivity contribution in [2.75, 3.05) is 106 Å². The van der Waals surface area contributed by atoms with E-state index in [9.17, 15) is 28.6 Å². The first-order chi connectivity index (χ1) is 27.4. The molecule has 0 spiro atoms. The molecule has 18 heteroatoms. The summed E-state index contributed by atoms with van der Waals surface area (Å²) in [5.74, 6) is 5.47. The molecule has 17 nitrogen and oxygen atoms in total. The summed E-state index contributed by atoms with van der Waals surface area (Å²) < 4.78 is 49.0. The normalized spacial score (nSPS) is 16.3. The van der Waals surface area contributed by atoms with Crippen molar-refractivity contribution >= 4 is 31.2 Å². The monoisotopic (exact) mass is 826 g/mol. The Morgan fingerprint density at radius 2 is 0.965 bits per heavy atom. The molecule has 322 valence electrons. The predicted octanol–water partition coefficient (Wildman–Crippen LogP) is 0.920. The topological polar surface area (TPSA) is 218 Å². The maximum Gasteiger partial charge on any atom is 0.325 e. The number of carbonyl (C=O) groups excluding carboxylic acids is 4. The van der Waals surface area contributed by atoms with Crippen molar-refractivity contribution in [1.29, 1.82) is 0 Å². The van der Waals surface area contributed by atoms with Gasteiger partial charge in [0.2, 0.25) is 23.6 Å². The van der Waals surface area contributed by atoms with Crippen molar-refractivity contribution < 1.29 is 61.6 Å². The van der Waals surface area contributed by atoms with Crippen LogP contribution in [0, 0.1) is 42.9 Å². The van der Waals surface area contributed by atoms with Crippen molar-refractivity contribution in [2.45, 2.75) is 75.9 Å². The average Bonchev–Trinajstić information content (AvgIpc) is 3.18. The van der Waals surface area contributed by atoms with Crippen molar-refractivity contribution in [3.63, 3.8) is 0 Å². The van der Waals surface area contributed by atoms with Crippen LogP contribution in [0.15, 0.2) is 0 Å². The molecule has 0 aromatic rings. The third-order valence-electron chi connectivity index (χ3n) is 8.65. The smallest absolute Gasteiger partial charge is 0.325 e. The fourth-order valence-corrected chi connectivity index (χ4v) is 6.56. The lowest BCUT2D eigenvalue weighted by atomic mass is 9.81. The second-order valence-corrected chi connectivity index (χ2v) is 15.1. The molecule has 0 aromatic carbocycles. The molecule has 1 unspecified atom stereocenters. The fourth-order valence-electron chi connectivity index (χ4n) is 5.80. The van der Waals surface area contributed by atoms with Gasteiger partial charge in [0.1, 0.15) is 19.8 Å². The van der Waals surface area contributed by atoms with Gasteiger partial charge < -0.3 is 59.1 Å². The molecular formula is C39H63N4O13P. The van der Waals surface area contributed by atoms with Gasteiger partial charge in [0.15, 0.2) is 0 Å². The first-order valence-corrected chi connectivity index (χ1v) is 21.3. The van der Waals surface area contributed by atoms with Crippen molar-refractivity contribution in [1.82, 2.24) is 21.3 Å². The summed E-state index contributed by atoms with van der Waals surface area (Å²) in [5.41, 5.74) is -1.12. The number of hydrogen-bond donors (Lipinski definition) is 5. The van der Waals surface area contributed by atoms with E-state index in [-0.39, 0.29) is 121 Å². The molecule has 1 saturated carbocycles. The van der Waals surface area contributed by atoms with E-state index in [1.165, 1.54) is 0 Å². The van der Waals surface area contributed by atoms with Crippen molar-refractivity contribution in [3.05, 3.63) is 0 Å². The molecule has 0 aromatic heterocycles. The highest BCUT2D eigenvalue weighted by Gasteiger charge is 2.37. The molecule has 1 aliphatic carbocycles. The Labute approximate surface area is 337 Å². The number of ether oxygens (including phenoxy) is 6. The van der Waals surface area contributed by atoms with E-state index in [0.717, 1.165) is 6.66 Å². The van der Waals surface area contributed by atoms with Crippen LogP contribution in [0.2, 0.25) is 0 Å². The Hall–Kier alpha value is -3.53. The van der Waals surface area contributed by atoms with Gasteiger partial charge in [-0.1, -0.05) is 17.8 Å². The van der Waals surface area contributed by atoms with Crippen LogP contribution in [0.1, 0.15) is 64.2 Å². The average molecular weight is 827 g/mol. The number of hydrogen-bond acceptors (Lipinski definition) is 12. The first kappa shape index (κ1) is 51.5. The minimum absolute atomic E-state index is 0.0111. The number of carbonyl (C=O) groups is 4. The number of rotatable bonds is 34. The van der Waals surface area contributed by atoms with E-state index in [4.69, 9.17) is 52.2 Å². The highest BCUT2D eigenvalue weighted by Crippen LogP contribution is 2.42. The van der Waals surface area contributed by atoms with Crippen LogP contribution in [0.3, 0.4) is 0 Å². The molecule has 0 bridgehead atoms. The Morgan fingerprint density at radius 1 is 0.614 bits per heavy atom. The van der Waals surface area contributed by atoms with Crippen molar-refractivity contribution in [3.8, 4) is 37.0 Å². The molecule has 57 heavy (non-hydrogen) atoms. The predicted molar refractivity (Wildman–Crippen MR) is 212 cm³/mol. The van der Waals surface area contributed by atoms with Gasteiger partial charge in [-0.05, 0) is 44.9 Å². The van der Waals surface area contributed by atoms with Crippen LogP contribution < -0.4 is 21.3 Å². The zero-order chi connectivity index (χ0) is 42.0. The molecule has 0 saturated heterocycles. The molecular weight excluding hydrogens is 763 g/mol. The van der Waals surface area contributed by atoms with Gasteiger partial charge in [0, 0.05) is 57.0 Å². The van der Waals surface area contributed by atoms with Gasteiger partial charge in [0.25, 0.3) is 0 Å². The Balaban J connectivity index is 3.01. The van der Waals surface area contributed by atoms with Crippen LogP contribution >= 0.6 is 7.60 Å². The SMILES string of the molecule is C#CCOCCOCCNC(=O)CCC(CCC(=O)NCCOCCOCC#C)(CCC(=O)NCCOCCOCC#C)NC(=O)C1CCC(OP(C)(=O)O)CC1. The van der Waals surface area contributed by atoms with Crippen LogP contribution in [0.25, 0.3) is 0 Å². The second-order valence-electron chi connectivity index (χ2n) is 13.3. The molecule has 1 atom stereocenters. The lowest BCUT2D eigenvalue weighted by Crippen LogP contribution is -2.52. The standard InChI is InChI=1S/C39H63N4O13P/c1-5-21-50-27-30-53-24-18-40-35(44)12-15-39(16-13-36(45)41-19-25-54-31-28-51-22-6-2,17-14-37(46)42-20-26-55-32-29-52-23-7-3)43-38(47)33-8-10-34(11-9-33)56-57(4,48)49/h1-3,33-34H,8-32H2,4H3,(H,40,44)(H,41,45)(H,42,46)(H,43,47)(H,48,49). The van der Waals surface area contributed by atoms with E-state index < -0.39 is 25.2 Å². The molecule has 1 fully saturated rings. The molecule has 1 rings (SSSR count).